The van der Waals surface area contributed by atoms with Gasteiger partial charge in [0.1, 0.15) is 12.4 Å². The van der Waals surface area contributed by atoms with Crippen LogP contribution in [0.3, 0.4) is 0 Å². The van der Waals surface area contributed by atoms with Crippen molar-refractivity contribution in [3.05, 3.63) is 23.8 Å². The average molecular weight is 292 g/mol. The summed E-state index contributed by atoms with van der Waals surface area (Å²) in [5, 5.41) is 14.8. The van der Waals surface area contributed by atoms with Crippen molar-refractivity contribution in [2.45, 2.75) is 25.8 Å². The minimum absolute atomic E-state index is 0.00334. The molecule has 0 aliphatic carbocycles. The van der Waals surface area contributed by atoms with Crippen molar-refractivity contribution in [3.8, 4) is 5.75 Å². The molecule has 6 nitrogen and oxygen atoms in total. The second kappa shape index (κ2) is 7.08. The maximum atomic E-state index is 12.5. The fourth-order valence-electron chi connectivity index (χ4n) is 2.27. The van der Waals surface area contributed by atoms with Gasteiger partial charge in [0, 0.05) is 18.7 Å². The van der Waals surface area contributed by atoms with Crippen molar-refractivity contribution in [3.63, 3.8) is 0 Å². The van der Waals surface area contributed by atoms with E-state index in [0.717, 1.165) is 18.0 Å². The predicted molar refractivity (Wildman–Crippen MR) is 79.1 cm³/mol. The van der Waals surface area contributed by atoms with Gasteiger partial charge in [-0.2, -0.15) is 0 Å². The minimum atomic E-state index is -0.875. The van der Waals surface area contributed by atoms with Crippen molar-refractivity contribution in [2.24, 2.45) is 0 Å². The van der Waals surface area contributed by atoms with E-state index in [-0.39, 0.29) is 24.8 Å². The third-order valence-electron chi connectivity index (χ3n) is 3.39. The van der Waals surface area contributed by atoms with E-state index in [2.05, 4.69) is 10.6 Å². The summed E-state index contributed by atoms with van der Waals surface area (Å²) in [6.07, 6.45) is 0.614. The smallest absolute Gasteiger partial charge is 0.304 e. The van der Waals surface area contributed by atoms with Crippen LogP contribution in [0, 0.1) is 0 Å². The summed E-state index contributed by atoms with van der Waals surface area (Å²) in [7, 11) is 0. The molecule has 0 fully saturated rings. The Morgan fingerprint density at radius 1 is 1.48 bits per heavy atom. The van der Waals surface area contributed by atoms with Crippen LogP contribution in [-0.4, -0.2) is 42.6 Å². The number of anilines is 1. The average Bonchev–Trinajstić information content (AvgIpc) is 2.50. The molecule has 1 unspecified atom stereocenters. The SMILES string of the molecule is CCC(NCCC(=O)O)C(=O)c1ccc2c(c1)NCCO2. The van der Waals surface area contributed by atoms with E-state index in [1.807, 2.05) is 6.92 Å². The number of hydrogen-bond donors (Lipinski definition) is 3. The zero-order valence-corrected chi connectivity index (χ0v) is 12.0. The number of carbonyl (C=O) groups is 2. The van der Waals surface area contributed by atoms with Gasteiger partial charge in [-0.05, 0) is 24.6 Å². The number of carboxylic acid groups (broad SMARTS) is 1. The van der Waals surface area contributed by atoms with Gasteiger partial charge in [0.25, 0.3) is 0 Å². The largest absolute Gasteiger partial charge is 0.490 e. The van der Waals surface area contributed by atoms with Gasteiger partial charge < -0.3 is 20.5 Å². The lowest BCUT2D eigenvalue weighted by Crippen LogP contribution is -2.37. The molecule has 6 heteroatoms. The summed E-state index contributed by atoms with van der Waals surface area (Å²) < 4.78 is 5.48. The minimum Gasteiger partial charge on any atom is -0.490 e. The zero-order valence-electron chi connectivity index (χ0n) is 12.0. The normalized spacial score (nSPS) is 14.5. The molecule has 1 aliphatic rings. The molecule has 3 N–H and O–H groups in total. The number of aliphatic carboxylic acids is 1. The fraction of sp³-hybridized carbons (Fsp3) is 0.467. The molecule has 0 saturated carbocycles. The quantitative estimate of drug-likeness (QED) is 0.660. The number of Topliss-reactive ketones (excluding diaryl/α,β-unsaturated/α-hetero) is 1. The van der Waals surface area contributed by atoms with Crippen LogP contribution < -0.4 is 15.4 Å². The molecule has 1 aromatic rings. The number of nitrogens with one attached hydrogen (secondary N) is 2. The lowest BCUT2D eigenvalue weighted by atomic mass is 10.0. The van der Waals surface area contributed by atoms with Crippen LogP contribution >= 0.6 is 0 Å². The molecular formula is C15H20N2O4. The first-order valence-corrected chi connectivity index (χ1v) is 7.12. The Kier molecular flexibility index (Phi) is 5.16. The van der Waals surface area contributed by atoms with E-state index >= 15 is 0 Å². The number of carboxylic acids is 1. The van der Waals surface area contributed by atoms with E-state index in [0.29, 0.717) is 18.6 Å². The molecule has 0 spiro atoms. The summed E-state index contributed by atoms with van der Waals surface area (Å²) >= 11 is 0. The number of carbonyl (C=O) groups excluding carboxylic acids is 1. The molecule has 1 aromatic carbocycles. The third-order valence-corrected chi connectivity index (χ3v) is 3.39. The second-order valence-electron chi connectivity index (χ2n) is 4.91. The van der Waals surface area contributed by atoms with Crippen molar-refractivity contribution < 1.29 is 19.4 Å². The van der Waals surface area contributed by atoms with Gasteiger partial charge in [-0.3, -0.25) is 9.59 Å². The number of hydrogen-bond acceptors (Lipinski definition) is 5. The van der Waals surface area contributed by atoms with Gasteiger partial charge in [0.05, 0.1) is 18.2 Å². The predicted octanol–water partition coefficient (Wildman–Crippen LogP) is 1.52. The Morgan fingerprint density at radius 2 is 2.29 bits per heavy atom. The summed E-state index contributed by atoms with van der Waals surface area (Å²) in [6, 6.07) is 4.96. The van der Waals surface area contributed by atoms with Crippen LogP contribution in [-0.2, 0) is 4.79 Å². The Hall–Kier alpha value is -2.08. The monoisotopic (exact) mass is 292 g/mol. The van der Waals surface area contributed by atoms with Gasteiger partial charge in [0.2, 0.25) is 0 Å². The molecule has 0 bridgehead atoms. The first-order chi connectivity index (χ1) is 10.1. The fourth-order valence-corrected chi connectivity index (χ4v) is 2.27. The van der Waals surface area contributed by atoms with Gasteiger partial charge in [-0.15, -0.1) is 0 Å². The van der Waals surface area contributed by atoms with E-state index in [1.54, 1.807) is 18.2 Å². The highest BCUT2D eigenvalue weighted by Gasteiger charge is 2.20. The zero-order chi connectivity index (χ0) is 15.2. The van der Waals surface area contributed by atoms with Crippen molar-refractivity contribution in [1.82, 2.24) is 5.32 Å². The van der Waals surface area contributed by atoms with Gasteiger partial charge in [-0.1, -0.05) is 6.92 Å². The van der Waals surface area contributed by atoms with Crippen LogP contribution in [0.1, 0.15) is 30.1 Å². The highest BCUT2D eigenvalue weighted by atomic mass is 16.5. The second-order valence-corrected chi connectivity index (χ2v) is 4.91. The van der Waals surface area contributed by atoms with Crippen molar-refractivity contribution in [1.29, 1.82) is 0 Å². The van der Waals surface area contributed by atoms with Gasteiger partial charge in [0.15, 0.2) is 5.78 Å². The molecule has 1 aliphatic heterocycles. The van der Waals surface area contributed by atoms with Crippen LogP contribution in [0.25, 0.3) is 0 Å². The first kappa shape index (κ1) is 15.3. The van der Waals surface area contributed by atoms with Crippen LogP contribution in [0.4, 0.5) is 5.69 Å². The van der Waals surface area contributed by atoms with E-state index in [4.69, 9.17) is 9.84 Å². The summed E-state index contributed by atoms with van der Waals surface area (Å²) in [5.74, 6) is -0.150. The van der Waals surface area contributed by atoms with Crippen LogP contribution in [0.15, 0.2) is 18.2 Å². The van der Waals surface area contributed by atoms with Crippen molar-refractivity contribution in [2.75, 3.05) is 25.0 Å². The summed E-state index contributed by atoms with van der Waals surface area (Å²) in [5.41, 5.74) is 1.42. The van der Waals surface area contributed by atoms with E-state index in [1.165, 1.54) is 0 Å². The molecule has 21 heavy (non-hydrogen) atoms. The topological polar surface area (TPSA) is 87.7 Å². The van der Waals surface area contributed by atoms with Crippen LogP contribution in [0.2, 0.25) is 0 Å². The lowest BCUT2D eigenvalue weighted by molar-refractivity contribution is -0.136. The number of benzene rings is 1. The maximum Gasteiger partial charge on any atom is 0.304 e. The number of ketones is 1. The molecule has 0 saturated heterocycles. The Labute approximate surface area is 123 Å². The summed E-state index contributed by atoms with van der Waals surface area (Å²) in [6.45, 7) is 3.52. The molecule has 0 aromatic heterocycles. The summed E-state index contributed by atoms with van der Waals surface area (Å²) in [4.78, 5) is 23.0. The van der Waals surface area contributed by atoms with E-state index < -0.39 is 5.97 Å². The van der Waals surface area contributed by atoms with Crippen LogP contribution in [0.5, 0.6) is 5.75 Å². The molecule has 1 atom stereocenters. The highest BCUT2D eigenvalue weighted by molar-refractivity contribution is 6.01. The molecular weight excluding hydrogens is 272 g/mol. The number of ether oxygens (including phenoxy) is 1. The van der Waals surface area contributed by atoms with Gasteiger partial charge in [-0.25, -0.2) is 0 Å². The Morgan fingerprint density at radius 3 is 3.00 bits per heavy atom. The maximum absolute atomic E-state index is 12.5. The first-order valence-electron chi connectivity index (χ1n) is 7.12. The Balaban J connectivity index is 2.04. The van der Waals surface area contributed by atoms with Gasteiger partial charge >= 0.3 is 5.97 Å². The Bertz CT molecular complexity index is 530. The van der Waals surface area contributed by atoms with Crippen molar-refractivity contribution >= 4 is 17.4 Å². The lowest BCUT2D eigenvalue weighted by Gasteiger charge is -2.21. The third kappa shape index (κ3) is 3.95. The molecule has 0 amide bonds. The molecule has 2 rings (SSSR count). The standard InChI is InChI=1S/C15H20N2O4/c1-2-11(16-6-5-14(18)19)15(20)10-3-4-13-12(9-10)17-7-8-21-13/h3-4,9,11,16-17H,2,5-8H2,1H3,(H,18,19). The number of rotatable bonds is 7. The van der Waals surface area contributed by atoms with E-state index in [9.17, 15) is 9.59 Å². The molecule has 114 valence electrons. The number of fused-ring (bicyclic) bond motifs is 1. The highest BCUT2D eigenvalue weighted by Crippen LogP contribution is 2.28. The molecule has 0 radical (unpaired) electrons. The molecule has 1 heterocycles.